The first kappa shape index (κ1) is 24.9. The number of carbonyl (C=O) groups excluding carboxylic acids is 3. The Bertz CT molecular complexity index is 1090. The summed E-state index contributed by atoms with van der Waals surface area (Å²) in [5, 5.41) is 3.11. The number of pyridine rings is 1. The summed E-state index contributed by atoms with van der Waals surface area (Å²) in [5.74, 6) is 0.269. The van der Waals surface area contributed by atoms with Crippen LogP contribution in [-0.2, 0) is 11.3 Å². The maximum atomic E-state index is 13.8. The van der Waals surface area contributed by atoms with E-state index in [1.807, 2.05) is 55.1 Å². The van der Waals surface area contributed by atoms with Crippen molar-refractivity contribution < 1.29 is 14.4 Å². The summed E-state index contributed by atoms with van der Waals surface area (Å²) in [6, 6.07) is 11.1. The van der Waals surface area contributed by atoms with Gasteiger partial charge in [-0.1, -0.05) is 37.6 Å². The van der Waals surface area contributed by atoms with Gasteiger partial charge in [0.25, 0.3) is 11.8 Å². The summed E-state index contributed by atoms with van der Waals surface area (Å²) in [6.07, 6.45) is 4.47. The minimum absolute atomic E-state index is 0.0189. The molecule has 0 unspecified atom stereocenters. The lowest BCUT2D eigenvalue weighted by Gasteiger charge is -2.41. The molecule has 4 rings (SSSR count). The first-order chi connectivity index (χ1) is 16.7. The zero-order chi connectivity index (χ0) is 25.2. The Labute approximate surface area is 207 Å². The third kappa shape index (κ3) is 5.09. The maximum absolute atomic E-state index is 13.8. The molecule has 1 aromatic carbocycles. The van der Waals surface area contributed by atoms with Crippen LogP contribution in [-0.4, -0.2) is 51.3 Å². The van der Waals surface area contributed by atoms with E-state index in [4.69, 9.17) is 0 Å². The van der Waals surface area contributed by atoms with Crippen molar-refractivity contribution in [2.75, 3.05) is 13.1 Å². The van der Waals surface area contributed by atoms with E-state index in [1.54, 1.807) is 6.20 Å². The molecule has 2 aromatic rings. The number of aryl methyl sites for hydroxylation is 2. The number of likely N-dealkylation sites (tertiary alicyclic amines) is 1. The van der Waals surface area contributed by atoms with Gasteiger partial charge in [0.1, 0.15) is 5.54 Å². The molecule has 3 heterocycles. The van der Waals surface area contributed by atoms with Crippen molar-refractivity contribution in [3.05, 3.63) is 65.0 Å². The van der Waals surface area contributed by atoms with E-state index >= 15 is 0 Å². The van der Waals surface area contributed by atoms with Gasteiger partial charge >= 0.3 is 6.03 Å². The molecule has 0 spiro atoms. The number of carbonyl (C=O) groups is 3. The van der Waals surface area contributed by atoms with Crippen LogP contribution in [0, 0.1) is 25.7 Å². The molecule has 0 aliphatic carbocycles. The summed E-state index contributed by atoms with van der Waals surface area (Å²) in [6.45, 7) is 9.56. The minimum atomic E-state index is -0.926. The Balaban J connectivity index is 1.51. The van der Waals surface area contributed by atoms with Crippen molar-refractivity contribution in [2.45, 2.75) is 65.5 Å². The van der Waals surface area contributed by atoms with Crippen molar-refractivity contribution in [1.82, 2.24) is 20.1 Å². The summed E-state index contributed by atoms with van der Waals surface area (Å²) >= 11 is 0. The molecule has 2 saturated heterocycles. The van der Waals surface area contributed by atoms with Gasteiger partial charge in [0.2, 0.25) is 0 Å². The second-order valence-corrected chi connectivity index (χ2v) is 10.4. The molecule has 1 N–H and O–H groups in total. The zero-order valence-corrected chi connectivity index (χ0v) is 21.2. The van der Waals surface area contributed by atoms with Crippen molar-refractivity contribution in [3.8, 4) is 0 Å². The lowest BCUT2D eigenvalue weighted by molar-refractivity contribution is -0.134. The van der Waals surface area contributed by atoms with Gasteiger partial charge in [-0.05, 0) is 75.1 Å². The number of amides is 4. The predicted octanol–water partition coefficient (Wildman–Crippen LogP) is 4.48. The molecule has 0 saturated carbocycles. The number of urea groups is 1. The monoisotopic (exact) mass is 476 g/mol. The summed E-state index contributed by atoms with van der Waals surface area (Å²) in [7, 11) is 0. The Morgan fingerprint density at radius 2 is 1.89 bits per heavy atom. The molecular weight excluding hydrogens is 440 g/mol. The SMILES string of the molecule is Cc1ccc(C(=O)N2CCC([C@]3(CCC(C)C)NC(=O)N(Cc4ccccn4)C3=O)CC2)c(C)c1. The van der Waals surface area contributed by atoms with Gasteiger partial charge in [0.05, 0.1) is 12.2 Å². The maximum Gasteiger partial charge on any atom is 0.325 e. The van der Waals surface area contributed by atoms with Gasteiger partial charge in [-0.2, -0.15) is 0 Å². The first-order valence-electron chi connectivity index (χ1n) is 12.6. The predicted molar refractivity (Wildman–Crippen MR) is 135 cm³/mol. The van der Waals surface area contributed by atoms with Crippen molar-refractivity contribution in [1.29, 1.82) is 0 Å². The molecule has 0 bridgehead atoms. The van der Waals surface area contributed by atoms with E-state index in [2.05, 4.69) is 24.1 Å². The molecule has 0 radical (unpaired) electrons. The number of hydrogen-bond acceptors (Lipinski definition) is 4. The molecule has 1 atom stereocenters. The zero-order valence-electron chi connectivity index (χ0n) is 21.2. The summed E-state index contributed by atoms with van der Waals surface area (Å²) in [5.41, 5.74) is 2.61. The second kappa shape index (κ2) is 10.2. The van der Waals surface area contributed by atoms with Crippen LogP contribution in [0.25, 0.3) is 0 Å². The van der Waals surface area contributed by atoms with E-state index in [9.17, 15) is 14.4 Å². The molecule has 7 nitrogen and oxygen atoms in total. The first-order valence-corrected chi connectivity index (χ1v) is 12.6. The molecule has 7 heteroatoms. The van der Waals surface area contributed by atoms with Crippen LogP contribution in [0.3, 0.4) is 0 Å². The standard InChI is InChI=1S/C28H36N4O3/c1-19(2)10-13-28(26(34)32(27(35)30-28)18-23-7-5-6-14-29-23)22-11-15-31(16-12-22)25(33)24-9-8-20(3)17-21(24)4/h5-9,14,17,19,22H,10-13,15-16,18H2,1-4H3,(H,30,35)/t28-/m0/s1. The molecular formula is C28H36N4O3. The Morgan fingerprint density at radius 1 is 1.14 bits per heavy atom. The van der Waals surface area contributed by atoms with Gasteiger partial charge in [0.15, 0.2) is 0 Å². The fourth-order valence-electron chi connectivity index (χ4n) is 5.41. The Kier molecular flexibility index (Phi) is 7.24. The van der Waals surface area contributed by atoms with Crippen LogP contribution in [0.5, 0.6) is 0 Å². The molecule has 2 aliphatic rings. The molecule has 186 valence electrons. The average molecular weight is 477 g/mol. The van der Waals surface area contributed by atoms with Crippen LogP contribution in [0.4, 0.5) is 4.79 Å². The van der Waals surface area contributed by atoms with Crippen molar-refractivity contribution >= 4 is 17.8 Å². The van der Waals surface area contributed by atoms with Crippen molar-refractivity contribution in [2.24, 2.45) is 11.8 Å². The Morgan fingerprint density at radius 3 is 2.51 bits per heavy atom. The number of rotatable bonds is 7. The van der Waals surface area contributed by atoms with Crippen LogP contribution in [0.2, 0.25) is 0 Å². The number of hydrogen-bond donors (Lipinski definition) is 1. The molecule has 2 fully saturated rings. The van der Waals surface area contributed by atoms with Gasteiger partial charge in [0, 0.05) is 24.8 Å². The molecule has 35 heavy (non-hydrogen) atoms. The van der Waals surface area contributed by atoms with Gasteiger partial charge in [-0.25, -0.2) is 4.79 Å². The fourth-order valence-corrected chi connectivity index (χ4v) is 5.41. The lowest BCUT2D eigenvalue weighted by atomic mass is 9.73. The summed E-state index contributed by atoms with van der Waals surface area (Å²) in [4.78, 5) is 47.5. The van der Waals surface area contributed by atoms with E-state index < -0.39 is 5.54 Å². The molecule has 1 aromatic heterocycles. The average Bonchev–Trinajstić information content (AvgIpc) is 3.08. The van der Waals surface area contributed by atoms with Crippen LogP contribution in [0.1, 0.15) is 66.7 Å². The third-order valence-electron chi connectivity index (χ3n) is 7.46. The third-order valence-corrected chi connectivity index (χ3v) is 7.46. The number of piperidine rings is 1. The molecule has 4 amide bonds. The normalized spacial score (nSPS) is 21.1. The number of nitrogens with zero attached hydrogens (tertiary/aromatic N) is 3. The highest BCUT2D eigenvalue weighted by atomic mass is 16.2. The number of benzene rings is 1. The largest absolute Gasteiger partial charge is 0.339 e. The number of imide groups is 1. The highest BCUT2D eigenvalue weighted by Crippen LogP contribution is 2.38. The van der Waals surface area contributed by atoms with E-state index in [0.717, 1.165) is 23.1 Å². The van der Waals surface area contributed by atoms with Gasteiger partial charge in [-0.15, -0.1) is 0 Å². The smallest absolute Gasteiger partial charge is 0.325 e. The highest BCUT2D eigenvalue weighted by Gasteiger charge is 2.55. The topological polar surface area (TPSA) is 82.6 Å². The summed E-state index contributed by atoms with van der Waals surface area (Å²) < 4.78 is 0. The Hall–Kier alpha value is -3.22. The number of nitrogens with one attached hydrogen (secondary N) is 1. The van der Waals surface area contributed by atoms with Crippen molar-refractivity contribution in [3.63, 3.8) is 0 Å². The number of aromatic nitrogens is 1. The highest BCUT2D eigenvalue weighted by molar-refractivity contribution is 6.07. The second-order valence-electron chi connectivity index (χ2n) is 10.4. The van der Waals surface area contributed by atoms with Gasteiger partial charge in [-0.3, -0.25) is 19.5 Å². The molecule has 2 aliphatic heterocycles. The van der Waals surface area contributed by atoms with E-state index in [1.165, 1.54) is 4.90 Å². The van der Waals surface area contributed by atoms with Crippen LogP contribution in [0.15, 0.2) is 42.6 Å². The van der Waals surface area contributed by atoms with E-state index in [-0.39, 0.29) is 30.3 Å². The quantitative estimate of drug-likeness (QED) is 0.598. The van der Waals surface area contributed by atoms with Gasteiger partial charge < -0.3 is 10.2 Å². The van der Waals surface area contributed by atoms with Crippen LogP contribution < -0.4 is 5.32 Å². The van der Waals surface area contributed by atoms with E-state index in [0.29, 0.717) is 44.0 Å². The minimum Gasteiger partial charge on any atom is -0.339 e. The lowest BCUT2D eigenvalue weighted by Crippen LogP contribution is -2.56. The fraction of sp³-hybridized carbons (Fsp3) is 0.500. The van der Waals surface area contributed by atoms with Crippen LogP contribution >= 0.6 is 0 Å².